The zero-order chi connectivity index (χ0) is 8.39. The smallest absolute Gasteiger partial charge is 0.123 e. The molecule has 2 heteroatoms. The summed E-state index contributed by atoms with van der Waals surface area (Å²) in [4.78, 5) is 0. The Morgan fingerprint density at radius 3 is 3.08 bits per heavy atom. The van der Waals surface area contributed by atoms with Crippen LogP contribution in [0.15, 0.2) is 24.3 Å². The van der Waals surface area contributed by atoms with Gasteiger partial charge < -0.3 is 4.74 Å². The maximum absolute atomic E-state index is 8.48. The molecule has 0 bridgehead atoms. The molecule has 0 aliphatic carbocycles. The van der Waals surface area contributed by atoms with Crippen molar-refractivity contribution in [1.29, 1.82) is 5.26 Å². The molecule has 0 saturated heterocycles. The monoisotopic (exact) mass is 159 g/mol. The molecular formula is C10H9NO. The van der Waals surface area contributed by atoms with Crippen LogP contribution in [0.5, 0.6) is 5.75 Å². The fourth-order valence-electron chi connectivity index (χ4n) is 1.47. The third-order valence-corrected chi connectivity index (χ3v) is 2.03. The Bertz CT molecular complexity index is 302. The minimum absolute atomic E-state index is 0.0763. The van der Waals surface area contributed by atoms with Gasteiger partial charge in [-0.05, 0) is 11.6 Å². The highest BCUT2D eigenvalue weighted by Crippen LogP contribution is 2.28. The van der Waals surface area contributed by atoms with E-state index in [9.17, 15) is 0 Å². The highest BCUT2D eigenvalue weighted by molar-refractivity contribution is 5.37. The molecule has 0 fully saturated rings. The number of hydrogen-bond acceptors (Lipinski definition) is 2. The van der Waals surface area contributed by atoms with Crippen molar-refractivity contribution >= 4 is 0 Å². The first-order valence-electron chi connectivity index (χ1n) is 4.01. The van der Waals surface area contributed by atoms with Crippen molar-refractivity contribution in [2.24, 2.45) is 0 Å². The van der Waals surface area contributed by atoms with Crippen LogP contribution in [0.1, 0.15) is 12.0 Å². The minimum Gasteiger partial charge on any atom is -0.489 e. The molecule has 0 saturated carbocycles. The van der Waals surface area contributed by atoms with Crippen LogP contribution in [-0.4, -0.2) is 6.10 Å². The second-order valence-corrected chi connectivity index (χ2v) is 2.91. The lowest BCUT2D eigenvalue weighted by atomic mass is 10.1. The molecule has 60 valence electrons. The number of rotatable bonds is 1. The minimum atomic E-state index is 0.0763. The Morgan fingerprint density at radius 1 is 1.50 bits per heavy atom. The molecule has 1 aliphatic rings. The molecule has 0 unspecified atom stereocenters. The van der Waals surface area contributed by atoms with Gasteiger partial charge in [-0.25, -0.2) is 0 Å². The maximum atomic E-state index is 8.48. The molecule has 1 aliphatic heterocycles. The van der Waals surface area contributed by atoms with E-state index in [0.29, 0.717) is 6.42 Å². The number of hydrogen-bond donors (Lipinski definition) is 0. The highest BCUT2D eigenvalue weighted by atomic mass is 16.5. The van der Waals surface area contributed by atoms with Crippen LogP contribution in [0.3, 0.4) is 0 Å². The van der Waals surface area contributed by atoms with E-state index in [4.69, 9.17) is 10.00 Å². The van der Waals surface area contributed by atoms with E-state index in [1.165, 1.54) is 5.56 Å². The van der Waals surface area contributed by atoms with Crippen molar-refractivity contribution < 1.29 is 4.74 Å². The average molecular weight is 159 g/mol. The van der Waals surface area contributed by atoms with Gasteiger partial charge >= 0.3 is 0 Å². The van der Waals surface area contributed by atoms with Crippen LogP contribution in [0.2, 0.25) is 0 Å². The van der Waals surface area contributed by atoms with Gasteiger partial charge in [-0.2, -0.15) is 5.26 Å². The predicted molar refractivity (Wildman–Crippen MR) is 44.8 cm³/mol. The zero-order valence-corrected chi connectivity index (χ0v) is 6.66. The number of benzene rings is 1. The summed E-state index contributed by atoms with van der Waals surface area (Å²) in [6, 6.07) is 10.1. The van der Waals surface area contributed by atoms with Crippen molar-refractivity contribution in [3.63, 3.8) is 0 Å². The van der Waals surface area contributed by atoms with Gasteiger partial charge in [0.25, 0.3) is 0 Å². The predicted octanol–water partition coefficient (Wildman–Crippen LogP) is 1.90. The van der Waals surface area contributed by atoms with Crippen molar-refractivity contribution in [1.82, 2.24) is 0 Å². The second-order valence-electron chi connectivity index (χ2n) is 2.91. The molecule has 2 rings (SSSR count). The quantitative estimate of drug-likeness (QED) is 0.627. The Kier molecular flexibility index (Phi) is 1.71. The van der Waals surface area contributed by atoms with E-state index in [1.807, 2.05) is 24.3 Å². The Morgan fingerprint density at radius 2 is 2.33 bits per heavy atom. The summed E-state index contributed by atoms with van der Waals surface area (Å²) in [6.07, 6.45) is 1.44. The van der Waals surface area contributed by atoms with Crippen molar-refractivity contribution in [2.75, 3.05) is 0 Å². The number of ether oxygens (including phenoxy) is 1. The van der Waals surface area contributed by atoms with Crippen LogP contribution in [-0.2, 0) is 6.42 Å². The van der Waals surface area contributed by atoms with Crippen LogP contribution in [0.4, 0.5) is 0 Å². The summed E-state index contributed by atoms with van der Waals surface area (Å²) in [5.74, 6) is 0.942. The van der Waals surface area contributed by atoms with E-state index in [1.54, 1.807) is 0 Å². The van der Waals surface area contributed by atoms with Crippen LogP contribution in [0.25, 0.3) is 0 Å². The molecule has 1 heterocycles. The zero-order valence-electron chi connectivity index (χ0n) is 6.66. The van der Waals surface area contributed by atoms with Crippen molar-refractivity contribution in [3.8, 4) is 11.8 Å². The molecule has 1 aromatic rings. The van der Waals surface area contributed by atoms with Crippen LogP contribution >= 0.6 is 0 Å². The number of fused-ring (bicyclic) bond motifs is 1. The molecule has 2 nitrogen and oxygen atoms in total. The third kappa shape index (κ3) is 1.14. The first kappa shape index (κ1) is 7.17. The lowest BCUT2D eigenvalue weighted by Gasteiger charge is -2.03. The van der Waals surface area contributed by atoms with E-state index >= 15 is 0 Å². The summed E-state index contributed by atoms with van der Waals surface area (Å²) in [6.45, 7) is 0. The lowest BCUT2D eigenvalue weighted by molar-refractivity contribution is 0.238. The topological polar surface area (TPSA) is 33.0 Å². The van der Waals surface area contributed by atoms with Gasteiger partial charge in [0, 0.05) is 6.42 Å². The van der Waals surface area contributed by atoms with Crippen LogP contribution < -0.4 is 4.74 Å². The standard InChI is InChI=1S/C10H9NO/c11-6-5-9-7-8-3-1-2-4-10(8)12-9/h1-4,9H,5,7H2/t9-/m0/s1. The second kappa shape index (κ2) is 2.86. The molecule has 0 N–H and O–H groups in total. The first-order valence-corrected chi connectivity index (χ1v) is 4.01. The van der Waals surface area contributed by atoms with Gasteiger partial charge in [0.05, 0.1) is 12.5 Å². The highest BCUT2D eigenvalue weighted by Gasteiger charge is 2.21. The summed E-state index contributed by atoms with van der Waals surface area (Å²) < 4.78 is 5.52. The van der Waals surface area contributed by atoms with E-state index in [-0.39, 0.29) is 6.10 Å². The van der Waals surface area contributed by atoms with Gasteiger partial charge in [-0.1, -0.05) is 18.2 Å². The fourth-order valence-corrected chi connectivity index (χ4v) is 1.47. The fraction of sp³-hybridized carbons (Fsp3) is 0.300. The summed E-state index contributed by atoms with van der Waals surface area (Å²) in [7, 11) is 0. The van der Waals surface area contributed by atoms with Crippen molar-refractivity contribution in [3.05, 3.63) is 29.8 Å². The van der Waals surface area contributed by atoms with Crippen molar-refractivity contribution in [2.45, 2.75) is 18.9 Å². The van der Waals surface area contributed by atoms with Gasteiger partial charge in [0.1, 0.15) is 11.9 Å². The SMILES string of the molecule is N#CC[C@H]1Cc2ccccc2O1. The van der Waals surface area contributed by atoms with Crippen LogP contribution in [0, 0.1) is 11.3 Å². The van der Waals surface area contributed by atoms with E-state index in [0.717, 1.165) is 12.2 Å². The maximum Gasteiger partial charge on any atom is 0.123 e. The van der Waals surface area contributed by atoms with Gasteiger partial charge in [0.15, 0.2) is 0 Å². The van der Waals surface area contributed by atoms with E-state index in [2.05, 4.69) is 6.07 Å². The Labute approximate surface area is 71.4 Å². The molecule has 1 atom stereocenters. The summed E-state index contributed by atoms with van der Waals surface area (Å²) in [5, 5.41) is 8.48. The molecule has 0 spiro atoms. The Hall–Kier alpha value is -1.49. The summed E-state index contributed by atoms with van der Waals surface area (Å²) >= 11 is 0. The molecule has 0 amide bonds. The molecule has 0 aromatic heterocycles. The molecule has 1 aromatic carbocycles. The number of para-hydroxylation sites is 1. The summed E-state index contributed by atoms with van der Waals surface area (Å²) in [5.41, 5.74) is 1.22. The average Bonchev–Trinajstić information content (AvgIpc) is 2.47. The molecular weight excluding hydrogens is 150 g/mol. The van der Waals surface area contributed by atoms with Gasteiger partial charge in [0.2, 0.25) is 0 Å². The van der Waals surface area contributed by atoms with Gasteiger partial charge in [-0.15, -0.1) is 0 Å². The first-order chi connectivity index (χ1) is 5.90. The van der Waals surface area contributed by atoms with E-state index < -0.39 is 0 Å². The molecule has 12 heavy (non-hydrogen) atoms. The normalized spacial score (nSPS) is 19.4. The lowest BCUT2D eigenvalue weighted by Crippen LogP contribution is -2.10. The third-order valence-electron chi connectivity index (χ3n) is 2.03. The Balaban J connectivity index is 2.18. The number of nitriles is 1. The number of nitrogens with zero attached hydrogens (tertiary/aromatic N) is 1. The molecule has 0 radical (unpaired) electrons. The largest absolute Gasteiger partial charge is 0.489 e. The van der Waals surface area contributed by atoms with Gasteiger partial charge in [-0.3, -0.25) is 0 Å².